The van der Waals surface area contributed by atoms with Gasteiger partial charge in [-0.1, -0.05) is 13.8 Å². The molecule has 1 aliphatic heterocycles. The van der Waals surface area contributed by atoms with Crippen LogP contribution in [0.5, 0.6) is 11.5 Å². The molecule has 2 rings (SSSR count). The SMILES string of the molecule is CCC(CC)NC(=O)COc1ccc2c(c1)OCC2N. The Labute approximate surface area is 119 Å². The highest BCUT2D eigenvalue weighted by molar-refractivity contribution is 5.77. The number of nitrogens with two attached hydrogens (primary N) is 1. The zero-order valence-electron chi connectivity index (χ0n) is 12.0. The Kier molecular flexibility index (Phi) is 4.84. The molecule has 1 aliphatic rings. The predicted molar refractivity (Wildman–Crippen MR) is 76.9 cm³/mol. The molecule has 0 aromatic heterocycles. The van der Waals surface area contributed by atoms with E-state index in [9.17, 15) is 4.79 Å². The average molecular weight is 278 g/mol. The number of rotatable bonds is 6. The molecule has 0 saturated heterocycles. The summed E-state index contributed by atoms with van der Waals surface area (Å²) in [7, 11) is 0. The van der Waals surface area contributed by atoms with E-state index in [-0.39, 0.29) is 24.6 Å². The first-order chi connectivity index (χ1) is 9.63. The van der Waals surface area contributed by atoms with E-state index < -0.39 is 0 Å². The molecule has 5 nitrogen and oxygen atoms in total. The molecule has 0 saturated carbocycles. The molecule has 0 aliphatic carbocycles. The van der Waals surface area contributed by atoms with Crippen molar-refractivity contribution in [2.45, 2.75) is 38.8 Å². The maximum absolute atomic E-state index is 11.7. The van der Waals surface area contributed by atoms with E-state index >= 15 is 0 Å². The lowest BCUT2D eigenvalue weighted by Crippen LogP contribution is -2.37. The van der Waals surface area contributed by atoms with Gasteiger partial charge >= 0.3 is 0 Å². The van der Waals surface area contributed by atoms with Crippen molar-refractivity contribution in [3.05, 3.63) is 23.8 Å². The maximum Gasteiger partial charge on any atom is 0.258 e. The first kappa shape index (κ1) is 14.7. The van der Waals surface area contributed by atoms with Crippen molar-refractivity contribution in [1.29, 1.82) is 0 Å². The van der Waals surface area contributed by atoms with Crippen molar-refractivity contribution in [2.75, 3.05) is 13.2 Å². The Hall–Kier alpha value is -1.75. The van der Waals surface area contributed by atoms with Gasteiger partial charge in [-0.05, 0) is 25.0 Å². The molecule has 0 fully saturated rings. The minimum Gasteiger partial charge on any atom is -0.491 e. The lowest BCUT2D eigenvalue weighted by molar-refractivity contribution is -0.123. The van der Waals surface area contributed by atoms with Gasteiger partial charge in [0.2, 0.25) is 0 Å². The van der Waals surface area contributed by atoms with Gasteiger partial charge in [0.1, 0.15) is 18.1 Å². The fourth-order valence-electron chi connectivity index (χ4n) is 2.22. The highest BCUT2D eigenvalue weighted by Gasteiger charge is 2.21. The lowest BCUT2D eigenvalue weighted by Gasteiger charge is -2.15. The summed E-state index contributed by atoms with van der Waals surface area (Å²) in [5.74, 6) is 1.27. The molecule has 0 radical (unpaired) electrons. The zero-order chi connectivity index (χ0) is 14.5. The van der Waals surface area contributed by atoms with E-state index in [2.05, 4.69) is 19.2 Å². The summed E-state index contributed by atoms with van der Waals surface area (Å²) in [6.45, 7) is 4.61. The van der Waals surface area contributed by atoms with Crippen LogP contribution >= 0.6 is 0 Å². The molecule has 0 spiro atoms. The summed E-state index contributed by atoms with van der Waals surface area (Å²) in [6.07, 6.45) is 1.85. The molecule has 3 N–H and O–H groups in total. The molecule has 1 amide bonds. The van der Waals surface area contributed by atoms with Gasteiger partial charge in [-0.3, -0.25) is 4.79 Å². The summed E-state index contributed by atoms with van der Waals surface area (Å²) in [6, 6.07) is 5.63. The van der Waals surface area contributed by atoms with Crippen LogP contribution in [-0.4, -0.2) is 25.2 Å². The molecule has 1 unspecified atom stereocenters. The molecule has 5 heteroatoms. The van der Waals surface area contributed by atoms with Gasteiger partial charge in [-0.15, -0.1) is 0 Å². The summed E-state index contributed by atoms with van der Waals surface area (Å²) in [5.41, 5.74) is 6.86. The highest BCUT2D eigenvalue weighted by Crippen LogP contribution is 2.33. The Morgan fingerprint density at radius 2 is 2.25 bits per heavy atom. The summed E-state index contributed by atoms with van der Waals surface area (Å²) >= 11 is 0. The van der Waals surface area contributed by atoms with Gasteiger partial charge in [-0.2, -0.15) is 0 Å². The van der Waals surface area contributed by atoms with Crippen molar-refractivity contribution < 1.29 is 14.3 Å². The number of hydrogen-bond donors (Lipinski definition) is 2. The van der Waals surface area contributed by atoms with Crippen LogP contribution < -0.4 is 20.5 Å². The van der Waals surface area contributed by atoms with Crippen LogP contribution in [-0.2, 0) is 4.79 Å². The summed E-state index contributed by atoms with van der Waals surface area (Å²) < 4.78 is 10.9. The number of fused-ring (bicyclic) bond motifs is 1. The van der Waals surface area contributed by atoms with E-state index in [1.165, 1.54) is 0 Å². The fraction of sp³-hybridized carbons (Fsp3) is 0.533. The van der Waals surface area contributed by atoms with Crippen LogP contribution in [0.2, 0.25) is 0 Å². The van der Waals surface area contributed by atoms with E-state index in [0.717, 1.165) is 24.2 Å². The van der Waals surface area contributed by atoms with Crippen LogP contribution in [0.1, 0.15) is 38.3 Å². The first-order valence-corrected chi connectivity index (χ1v) is 7.08. The normalized spacial score (nSPS) is 16.7. The fourth-order valence-corrected chi connectivity index (χ4v) is 2.22. The van der Waals surface area contributed by atoms with Gasteiger partial charge in [0, 0.05) is 17.7 Å². The minimum absolute atomic E-state index is 0.0152. The zero-order valence-corrected chi connectivity index (χ0v) is 12.0. The van der Waals surface area contributed by atoms with Crippen molar-refractivity contribution >= 4 is 5.91 Å². The second kappa shape index (κ2) is 6.61. The third-order valence-electron chi connectivity index (χ3n) is 3.52. The van der Waals surface area contributed by atoms with Crippen molar-refractivity contribution in [3.63, 3.8) is 0 Å². The van der Waals surface area contributed by atoms with Crippen molar-refractivity contribution in [3.8, 4) is 11.5 Å². The second-order valence-corrected chi connectivity index (χ2v) is 4.99. The van der Waals surface area contributed by atoms with Crippen LogP contribution in [0.15, 0.2) is 18.2 Å². The lowest BCUT2D eigenvalue weighted by atomic mass is 10.1. The molecule has 1 aromatic rings. The van der Waals surface area contributed by atoms with E-state index in [1.54, 1.807) is 6.07 Å². The number of carbonyl (C=O) groups is 1. The number of amides is 1. The van der Waals surface area contributed by atoms with Crippen LogP contribution in [0, 0.1) is 0 Å². The van der Waals surface area contributed by atoms with Crippen molar-refractivity contribution in [2.24, 2.45) is 5.73 Å². The third kappa shape index (κ3) is 3.42. The van der Waals surface area contributed by atoms with Crippen LogP contribution in [0.25, 0.3) is 0 Å². The number of carbonyl (C=O) groups excluding carboxylic acids is 1. The van der Waals surface area contributed by atoms with Gasteiger partial charge < -0.3 is 20.5 Å². The standard InChI is InChI=1S/C15H22N2O3/c1-3-10(4-2)17-15(18)9-19-11-5-6-12-13(16)8-20-14(12)7-11/h5-7,10,13H,3-4,8-9,16H2,1-2H3,(H,17,18). The summed E-state index contributed by atoms with van der Waals surface area (Å²) in [5, 5.41) is 2.93. The molecule has 1 atom stereocenters. The average Bonchev–Trinajstić information content (AvgIpc) is 2.83. The molecule has 20 heavy (non-hydrogen) atoms. The molecule has 110 valence electrons. The van der Waals surface area contributed by atoms with Gasteiger partial charge in [0.15, 0.2) is 6.61 Å². The summed E-state index contributed by atoms with van der Waals surface area (Å²) in [4.78, 5) is 11.7. The third-order valence-corrected chi connectivity index (χ3v) is 3.52. The number of nitrogens with one attached hydrogen (secondary N) is 1. The number of hydrogen-bond acceptors (Lipinski definition) is 4. The van der Waals surface area contributed by atoms with E-state index in [4.69, 9.17) is 15.2 Å². The minimum atomic E-state index is -0.100. The Balaban J connectivity index is 1.87. The van der Waals surface area contributed by atoms with Gasteiger partial charge in [0.05, 0.1) is 6.04 Å². The topological polar surface area (TPSA) is 73.6 Å². The van der Waals surface area contributed by atoms with Gasteiger partial charge in [0.25, 0.3) is 5.91 Å². The first-order valence-electron chi connectivity index (χ1n) is 7.08. The number of ether oxygens (including phenoxy) is 2. The monoisotopic (exact) mass is 278 g/mol. The molecular weight excluding hydrogens is 256 g/mol. The molecular formula is C15H22N2O3. The van der Waals surface area contributed by atoms with Crippen molar-refractivity contribution in [1.82, 2.24) is 5.32 Å². The smallest absolute Gasteiger partial charge is 0.258 e. The Morgan fingerprint density at radius 1 is 1.50 bits per heavy atom. The highest BCUT2D eigenvalue weighted by atomic mass is 16.5. The Bertz CT molecular complexity index is 472. The molecule has 1 heterocycles. The van der Waals surface area contributed by atoms with E-state index in [0.29, 0.717) is 12.4 Å². The quantitative estimate of drug-likeness (QED) is 0.831. The molecule has 0 bridgehead atoms. The predicted octanol–water partition coefficient (Wildman–Crippen LogP) is 1.76. The maximum atomic E-state index is 11.7. The van der Waals surface area contributed by atoms with Crippen LogP contribution in [0.3, 0.4) is 0 Å². The number of benzene rings is 1. The van der Waals surface area contributed by atoms with Gasteiger partial charge in [-0.25, -0.2) is 0 Å². The largest absolute Gasteiger partial charge is 0.491 e. The molecule has 1 aromatic carbocycles. The van der Waals surface area contributed by atoms with E-state index in [1.807, 2.05) is 12.1 Å². The second-order valence-electron chi connectivity index (χ2n) is 4.99. The Morgan fingerprint density at radius 3 is 2.95 bits per heavy atom. The van der Waals surface area contributed by atoms with Crippen LogP contribution in [0.4, 0.5) is 0 Å².